The van der Waals surface area contributed by atoms with E-state index in [1.807, 2.05) is 0 Å². The summed E-state index contributed by atoms with van der Waals surface area (Å²) in [5, 5.41) is 3.33. The molecule has 0 aromatic rings. The van der Waals surface area contributed by atoms with Gasteiger partial charge in [0, 0.05) is 0 Å². The van der Waals surface area contributed by atoms with Crippen molar-refractivity contribution in [3.63, 3.8) is 0 Å². The molecule has 0 saturated carbocycles. The minimum Gasteiger partial charge on any atom is -0.333 e. The Labute approximate surface area is 77.9 Å². The Kier molecular flexibility index (Phi) is 20.6. The van der Waals surface area contributed by atoms with Gasteiger partial charge in [0.2, 0.25) is 0 Å². The first kappa shape index (κ1) is 14.4. The minimum atomic E-state index is 1.12. The van der Waals surface area contributed by atoms with Crippen LogP contribution in [-0.2, 0) is 0 Å². The number of unbranched alkanes of at least 4 members (excludes halogenated alkanes) is 4. The van der Waals surface area contributed by atoms with Gasteiger partial charge in [-0.2, -0.15) is 0 Å². The van der Waals surface area contributed by atoms with Crippen molar-refractivity contribution in [2.24, 2.45) is 5.73 Å². The van der Waals surface area contributed by atoms with Gasteiger partial charge in [-0.05, 0) is 26.6 Å². The van der Waals surface area contributed by atoms with E-state index in [0.717, 1.165) is 6.54 Å². The molecular formula is C10H26N2. The lowest BCUT2D eigenvalue weighted by molar-refractivity contribution is 0.593. The molecule has 0 rings (SSSR count). The Balaban J connectivity index is 0. The second kappa shape index (κ2) is 17.1. The SMILES string of the molecule is CCCCCCCNCC.CN. The highest BCUT2D eigenvalue weighted by molar-refractivity contribution is 4.45. The summed E-state index contributed by atoms with van der Waals surface area (Å²) in [4.78, 5) is 0. The van der Waals surface area contributed by atoms with Gasteiger partial charge in [0.1, 0.15) is 0 Å². The van der Waals surface area contributed by atoms with E-state index in [9.17, 15) is 0 Å². The summed E-state index contributed by atoms with van der Waals surface area (Å²) in [5.41, 5.74) is 4.50. The molecule has 0 spiro atoms. The van der Waals surface area contributed by atoms with Crippen LogP contribution in [0.4, 0.5) is 0 Å². The molecule has 3 N–H and O–H groups in total. The van der Waals surface area contributed by atoms with E-state index in [4.69, 9.17) is 0 Å². The molecule has 0 unspecified atom stereocenters. The Hall–Kier alpha value is -0.0800. The van der Waals surface area contributed by atoms with Crippen molar-refractivity contribution in [2.45, 2.75) is 46.0 Å². The average Bonchev–Trinajstić information content (AvgIpc) is 2.15. The zero-order chi connectivity index (χ0) is 9.66. The highest BCUT2D eigenvalue weighted by Gasteiger charge is 1.86. The first-order chi connectivity index (χ1) is 5.91. The zero-order valence-electron chi connectivity index (χ0n) is 9.03. The molecule has 0 aliphatic rings. The number of nitrogens with two attached hydrogens (primary N) is 1. The maximum atomic E-state index is 4.50. The minimum absolute atomic E-state index is 1.12. The second-order valence-electron chi connectivity index (χ2n) is 2.77. The zero-order valence-corrected chi connectivity index (χ0v) is 9.03. The summed E-state index contributed by atoms with van der Waals surface area (Å²) < 4.78 is 0. The summed E-state index contributed by atoms with van der Waals surface area (Å²) in [6.45, 7) is 6.74. The molecule has 0 fully saturated rings. The molecule has 2 nitrogen and oxygen atoms in total. The van der Waals surface area contributed by atoms with E-state index in [1.165, 1.54) is 45.7 Å². The average molecular weight is 174 g/mol. The number of hydrogen-bond donors (Lipinski definition) is 2. The highest BCUT2D eigenvalue weighted by atomic mass is 14.8. The second-order valence-corrected chi connectivity index (χ2v) is 2.77. The summed E-state index contributed by atoms with van der Waals surface area (Å²) in [6.07, 6.45) is 6.93. The molecule has 0 aromatic carbocycles. The van der Waals surface area contributed by atoms with Gasteiger partial charge in [-0.25, -0.2) is 0 Å². The fourth-order valence-electron chi connectivity index (χ4n) is 1.03. The molecule has 0 heterocycles. The van der Waals surface area contributed by atoms with E-state index >= 15 is 0 Å². The van der Waals surface area contributed by atoms with E-state index in [0.29, 0.717) is 0 Å². The van der Waals surface area contributed by atoms with Crippen LogP contribution in [0.5, 0.6) is 0 Å². The van der Waals surface area contributed by atoms with Gasteiger partial charge in [-0.1, -0.05) is 39.5 Å². The van der Waals surface area contributed by atoms with Crippen molar-refractivity contribution in [3.05, 3.63) is 0 Å². The Morgan fingerprint density at radius 2 is 1.50 bits per heavy atom. The van der Waals surface area contributed by atoms with Crippen molar-refractivity contribution in [3.8, 4) is 0 Å². The number of hydrogen-bond acceptors (Lipinski definition) is 2. The van der Waals surface area contributed by atoms with Crippen LogP contribution >= 0.6 is 0 Å². The third-order valence-electron chi connectivity index (χ3n) is 1.71. The largest absolute Gasteiger partial charge is 0.333 e. The maximum Gasteiger partial charge on any atom is -0.00490 e. The molecular weight excluding hydrogens is 148 g/mol. The molecule has 0 aromatic heterocycles. The normalized spacial score (nSPS) is 9.00. The monoisotopic (exact) mass is 174 g/mol. The van der Waals surface area contributed by atoms with E-state index in [2.05, 4.69) is 24.9 Å². The van der Waals surface area contributed by atoms with Crippen LogP contribution < -0.4 is 11.1 Å². The third-order valence-corrected chi connectivity index (χ3v) is 1.71. The first-order valence-electron chi connectivity index (χ1n) is 5.20. The molecule has 0 amide bonds. The van der Waals surface area contributed by atoms with Gasteiger partial charge in [0.25, 0.3) is 0 Å². The van der Waals surface area contributed by atoms with Crippen molar-refractivity contribution in [1.29, 1.82) is 0 Å². The predicted molar refractivity (Wildman–Crippen MR) is 57.4 cm³/mol. The maximum absolute atomic E-state index is 4.50. The van der Waals surface area contributed by atoms with Gasteiger partial charge >= 0.3 is 0 Å². The predicted octanol–water partition coefficient (Wildman–Crippen LogP) is 2.14. The van der Waals surface area contributed by atoms with Gasteiger partial charge < -0.3 is 11.1 Å². The lowest BCUT2D eigenvalue weighted by Gasteiger charge is -1.99. The fourth-order valence-corrected chi connectivity index (χ4v) is 1.03. The summed E-state index contributed by atoms with van der Waals surface area (Å²) in [6, 6.07) is 0. The van der Waals surface area contributed by atoms with E-state index < -0.39 is 0 Å². The van der Waals surface area contributed by atoms with Crippen LogP contribution in [0.3, 0.4) is 0 Å². The molecule has 0 bridgehead atoms. The molecule has 76 valence electrons. The van der Waals surface area contributed by atoms with Crippen LogP contribution in [0.15, 0.2) is 0 Å². The van der Waals surface area contributed by atoms with Gasteiger partial charge in [-0.15, -0.1) is 0 Å². The summed E-state index contributed by atoms with van der Waals surface area (Å²) in [5.74, 6) is 0. The van der Waals surface area contributed by atoms with Crippen LogP contribution in [0.2, 0.25) is 0 Å². The number of rotatable bonds is 7. The smallest absolute Gasteiger partial charge is 0.00490 e. The molecule has 0 atom stereocenters. The number of nitrogens with one attached hydrogen (secondary N) is 1. The third kappa shape index (κ3) is 16.5. The molecule has 0 radical (unpaired) electrons. The summed E-state index contributed by atoms with van der Waals surface area (Å²) >= 11 is 0. The van der Waals surface area contributed by atoms with Crippen LogP contribution in [0.25, 0.3) is 0 Å². The first-order valence-corrected chi connectivity index (χ1v) is 5.20. The Bertz CT molecular complexity index is 47.8. The van der Waals surface area contributed by atoms with Crippen molar-refractivity contribution in [1.82, 2.24) is 5.32 Å². The topological polar surface area (TPSA) is 38.0 Å². The molecule has 12 heavy (non-hydrogen) atoms. The van der Waals surface area contributed by atoms with E-state index in [1.54, 1.807) is 0 Å². The quantitative estimate of drug-likeness (QED) is 0.580. The van der Waals surface area contributed by atoms with Crippen LogP contribution in [-0.4, -0.2) is 20.1 Å². The van der Waals surface area contributed by atoms with Crippen molar-refractivity contribution >= 4 is 0 Å². The Morgan fingerprint density at radius 1 is 0.917 bits per heavy atom. The standard InChI is InChI=1S/C9H21N.CH5N/c1-3-5-6-7-8-9-10-4-2;1-2/h10H,3-9H2,1-2H3;2H2,1H3. The molecule has 0 saturated heterocycles. The molecule has 0 aliphatic heterocycles. The Morgan fingerprint density at radius 3 is 2.00 bits per heavy atom. The van der Waals surface area contributed by atoms with Crippen LogP contribution in [0, 0.1) is 0 Å². The highest BCUT2D eigenvalue weighted by Crippen LogP contribution is 2.00. The molecule has 2 heteroatoms. The lowest BCUT2D eigenvalue weighted by atomic mass is 10.1. The van der Waals surface area contributed by atoms with Gasteiger partial charge in [-0.3, -0.25) is 0 Å². The van der Waals surface area contributed by atoms with Gasteiger partial charge in [0.05, 0.1) is 0 Å². The molecule has 0 aliphatic carbocycles. The van der Waals surface area contributed by atoms with Crippen molar-refractivity contribution < 1.29 is 0 Å². The van der Waals surface area contributed by atoms with Crippen LogP contribution in [0.1, 0.15) is 46.0 Å². The summed E-state index contributed by atoms with van der Waals surface area (Å²) in [7, 11) is 1.50. The fraction of sp³-hybridized carbons (Fsp3) is 1.00. The van der Waals surface area contributed by atoms with Gasteiger partial charge in [0.15, 0.2) is 0 Å². The van der Waals surface area contributed by atoms with Crippen molar-refractivity contribution in [2.75, 3.05) is 20.1 Å². The lowest BCUT2D eigenvalue weighted by Crippen LogP contribution is -2.13. The van der Waals surface area contributed by atoms with E-state index in [-0.39, 0.29) is 0 Å².